The van der Waals surface area contributed by atoms with Crippen LogP contribution >= 0.6 is 0 Å². The predicted octanol–water partition coefficient (Wildman–Crippen LogP) is 1.55. The van der Waals surface area contributed by atoms with Gasteiger partial charge in [-0.3, -0.25) is 4.79 Å². The highest BCUT2D eigenvalue weighted by atomic mass is 16.4. The lowest BCUT2D eigenvalue weighted by molar-refractivity contribution is -0.141. The van der Waals surface area contributed by atoms with Crippen molar-refractivity contribution in [2.24, 2.45) is 5.92 Å². The van der Waals surface area contributed by atoms with E-state index in [4.69, 9.17) is 7.85 Å². The molecule has 0 aliphatic rings. The Morgan fingerprint density at radius 2 is 1.70 bits per heavy atom. The van der Waals surface area contributed by atoms with Gasteiger partial charge >= 0.3 is 12.0 Å². The van der Waals surface area contributed by atoms with Crippen molar-refractivity contribution >= 4 is 31.0 Å². The fourth-order valence-electron chi connectivity index (χ4n) is 2.10. The number of anilines is 1. The molecular formula is C17H17BN2O3. The van der Waals surface area contributed by atoms with Gasteiger partial charge in [-0.05, 0) is 24.1 Å². The number of hydrogen-bond acceptors (Lipinski definition) is 2. The summed E-state index contributed by atoms with van der Waals surface area (Å²) in [7, 11) is 5.57. The summed E-state index contributed by atoms with van der Waals surface area (Å²) in [5.41, 5.74) is 2.11. The third kappa shape index (κ3) is 5.50. The van der Waals surface area contributed by atoms with Crippen molar-refractivity contribution in [3.63, 3.8) is 0 Å². The third-order valence-electron chi connectivity index (χ3n) is 3.35. The average molecular weight is 308 g/mol. The molecule has 2 rings (SSSR count). The van der Waals surface area contributed by atoms with E-state index in [-0.39, 0.29) is 6.54 Å². The van der Waals surface area contributed by atoms with E-state index in [1.54, 1.807) is 24.3 Å². The minimum absolute atomic E-state index is 0.0467. The van der Waals surface area contributed by atoms with Gasteiger partial charge in [-0.1, -0.05) is 47.9 Å². The maximum absolute atomic E-state index is 11.8. The van der Waals surface area contributed by atoms with Gasteiger partial charge in [0, 0.05) is 12.2 Å². The van der Waals surface area contributed by atoms with Crippen LogP contribution < -0.4 is 16.1 Å². The van der Waals surface area contributed by atoms with Crippen LogP contribution in [0, 0.1) is 5.92 Å². The highest BCUT2D eigenvalue weighted by Crippen LogP contribution is 2.09. The Morgan fingerprint density at radius 3 is 2.30 bits per heavy atom. The zero-order valence-corrected chi connectivity index (χ0v) is 12.5. The number of carbonyl (C=O) groups is 2. The topological polar surface area (TPSA) is 78.4 Å². The van der Waals surface area contributed by atoms with E-state index in [2.05, 4.69) is 10.6 Å². The number of carbonyl (C=O) groups excluding carboxylic acids is 1. The second-order valence-corrected chi connectivity index (χ2v) is 5.18. The maximum atomic E-state index is 11.8. The number of aliphatic carboxylic acids is 1. The molecule has 0 aromatic heterocycles. The second-order valence-electron chi connectivity index (χ2n) is 5.18. The van der Waals surface area contributed by atoms with E-state index in [0.29, 0.717) is 17.6 Å². The Hall–Kier alpha value is -2.76. The highest BCUT2D eigenvalue weighted by Gasteiger charge is 2.18. The maximum Gasteiger partial charge on any atom is 0.319 e. The van der Waals surface area contributed by atoms with Gasteiger partial charge in [0.1, 0.15) is 7.85 Å². The van der Waals surface area contributed by atoms with E-state index in [1.165, 1.54) is 0 Å². The van der Waals surface area contributed by atoms with Crippen LogP contribution in [-0.4, -0.2) is 31.5 Å². The van der Waals surface area contributed by atoms with Crippen molar-refractivity contribution in [3.05, 3.63) is 60.2 Å². The largest absolute Gasteiger partial charge is 0.481 e. The fourth-order valence-corrected chi connectivity index (χ4v) is 2.10. The summed E-state index contributed by atoms with van der Waals surface area (Å²) in [6.45, 7) is 0.0467. The number of urea groups is 1. The summed E-state index contributed by atoms with van der Waals surface area (Å²) in [6.07, 6.45) is 0.359. The Kier molecular flexibility index (Phi) is 5.80. The van der Waals surface area contributed by atoms with E-state index >= 15 is 0 Å². The summed E-state index contributed by atoms with van der Waals surface area (Å²) in [4.78, 5) is 23.2. The van der Waals surface area contributed by atoms with Crippen LogP contribution in [0.2, 0.25) is 0 Å². The Morgan fingerprint density at radius 1 is 1.04 bits per heavy atom. The van der Waals surface area contributed by atoms with Gasteiger partial charge in [0.05, 0.1) is 5.92 Å². The minimum atomic E-state index is -0.943. The van der Waals surface area contributed by atoms with Gasteiger partial charge in [0.15, 0.2) is 0 Å². The Bertz CT molecular complexity index is 659. The van der Waals surface area contributed by atoms with Gasteiger partial charge in [-0.2, -0.15) is 0 Å². The molecule has 0 spiro atoms. The lowest BCUT2D eigenvalue weighted by atomic mass is 9.96. The normalized spacial score (nSPS) is 11.5. The number of hydrogen-bond donors (Lipinski definition) is 3. The molecule has 116 valence electrons. The predicted molar refractivity (Wildman–Crippen MR) is 90.1 cm³/mol. The van der Waals surface area contributed by atoms with Crippen LogP contribution in [0.5, 0.6) is 0 Å². The molecule has 0 aliphatic heterocycles. The molecule has 6 heteroatoms. The van der Waals surface area contributed by atoms with Crippen LogP contribution in [0.15, 0.2) is 54.6 Å². The quantitative estimate of drug-likeness (QED) is 0.708. The Balaban J connectivity index is 1.87. The van der Waals surface area contributed by atoms with Gasteiger partial charge < -0.3 is 15.7 Å². The van der Waals surface area contributed by atoms with Crippen LogP contribution in [0.4, 0.5) is 10.5 Å². The number of amides is 2. The summed E-state index contributed by atoms with van der Waals surface area (Å²) in [5.74, 6) is -1.63. The van der Waals surface area contributed by atoms with Gasteiger partial charge in [0.2, 0.25) is 0 Å². The third-order valence-corrected chi connectivity index (χ3v) is 3.35. The van der Waals surface area contributed by atoms with E-state index in [0.717, 1.165) is 5.56 Å². The van der Waals surface area contributed by atoms with Crippen LogP contribution in [0.1, 0.15) is 5.56 Å². The van der Waals surface area contributed by atoms with Gasteiger partial charge in [-0.25, -0.2) is 4.79 Å². The first-order chi connectivity index (χ1) is 11.0. The number of carboxylic acid groups (broad SMARTS) is 1. The monoisotopic (exact) mass is 308 g/mol. The van der Waals surface area contributed by atoms with Crippen LogP contribution in [-0.2, 0) is 11.2 Å². The molecule has 3 N–H and O–H groups in total. The standard InChI is InChI=1S/C17H17BN2O3/c18-14-6-8-15(9-7-14)20-17(23)19-11-13(16(21)22)10-12-4-2-1-3-5-12/h1-9,13H,10-11H2,(H,21,22)(H2,19,20,23). The highest BCUT2D eigenvalue weighted by molar-refractivity contribution is 6.32. The minimum Gasteiger partial charge on any atom is -0.481 e. The lowest BCUT2D eigenvalue weighted by Crippen LogP contribution is -2.36. The molecule has 2 aromatic rings. The molecule has 0 saturated carbocycles. The average Bonchev–Trinajstić information content (AvgIpc) is 2.54. The molecule has 0 fully saturated rings. The second kappa shape index (κ2) is 8.03. The molecule has 5 nitrogen and oxygen atoms in total. The van der Waals surface area contributed by atoms with E-state index in [1.807, 2.05) is 30.3 Å². The molecule has 1 atom stereocenters. The van der Waals surface area contributed by atoms with Crippen LogP contribution in [0.25, 0.3) is 0 Å². The smallest absolute Gasteiger partial charge is 0.319 e. The first-order valence-electron chi connectivity index (χ1n) is 7.21. The molecule has 0 heterocycles. The molecule has 2 amide bonds. The Labute approximate surface area is 136 Å². The molecule has 0 bridgehead atoms. The zero-order valence-electron chi connectivity index (χ0n) is 12.5. The first kappa shape index (κ1) is 16.6. The summed E-state index contributed by atoms with van der Waals surface area (Å²) in [5, 5.41) is 14.5. The van der Waals surface area contributed by atoms with Gasteiger partial charge in [0.25, 0.3) is 0 Å². The van der Waals surface area contributed by atoms with Crippen LogP contribution in [0.3, 0.4) is 0 Å². The molecule has 0 saturated heterocycles. The lowest BCUT2D eigenvalue weighted by Gasteiger charge is -2.14. The zero-order chi connectivity index (χ0) is 16.7. The first-order valence-corrected chi connectivity index (χ1v) is 7.21. The molecule has 2 radical (unpaired) electrons. The van der Waals surface area contributed by atoms with Crippen molar-refractivity contribution < 1.29 is 14.7 Å². The molecule has 2 aromatic carbocycles. The van der Waals surface area contributed by atoms with Crippen molar-refractivity contribution in [3.8, 4) is 0 Å². The molecule has 1 unspecified atom stereocenters. The van der Waals surface area contributed by atoms with Crippen molar-refractivity contribution in [2.45, 2.75) is 6.42 Å². The van der Waals surface area contributed by atoms with Crippen molar-refractivity contribution in [1.29, 1.82) is 0 Å². The van der Waals surface area contributed by atoms with Crippen molar-refractivity contribution in [2.75, 3.05) is 11.9 Å². The number of carboxylic acids is 1. The fraction of sp³-hybridized carbons (Fsp3) is 0.176. The SMILES string of the molecule is [B]c1ccc(NC(=O)NCC(Cc2ccccc2)C(=O)O)cc1. The number of nitrogens with one attached hydrogen (secondary N) is 2. The van der Waals surface area contributed by atoms with Gasteiger partial charge in [-0.15, -0.1) is 0 Å². The summed E-state index contributed by atoms with van der Waals surface area (Å²) >= 11 is 0. The van der Waals surface area contributed by atoms with E-state index < -0.39 is 17.9 Å². The molecule has 23 heavy (non-hydrogen) atoms. The molecular weight excluding hydrogens is 291 g/mol. The summed E-state index contributed by atoms with van der Waals surface area (Å²) in [6, 6.07) is 15.6. The number of rotatable bonds is 6. The summed E-state index contributed by atoms with van der Waals surface area (Å²) < 4.78 is 0. The van der Waals surface area contributed by atoms with Crippen molar-refractivity contribution in [1.82, 2.24) is 5.32 Å². The van der Waals surface area contributed by atoms with E-state index in [9.17, 15) is 14.7 Å². The molecule has 0 aliphatic carbocycles. The number of benzene rings is 2.